The number of hydrogen-bond acceptors (Lipinski definition) is 4. The van der Waals surface area contributed by atoms with Crippen LogP contribution in [0.5, 0.6) is 0 Å². The molecule has 2 heterocycles. The molecule has 0 N–H and O–H groups in total. The minimum atomic E-state index is -0.541. The lowest BCUT2D eigenvalue weighted by Crippen LogP contribution is -2.41. The van der Waals surface area contributed by atoms with Gasteiger partial charge in [-0.15, -0.1) is 10.2 Å². The summed E-state index contributed by atoms with van der Waals surface area (Å²) in [4.78, 5) is 13.7. The van der Waals surface area contributed by atoms with Gasteiger partial charge in [-0.05, 0) is 32.9 Å². The van der Waals surface area contributed by atoms with Crippen LogP contribution in [0.3, 0.4) is 0 Å². The van der Waals surface area contributed by atoms with E-state index in [1.54, 1.807) is 23.1 Å². The van der Waals surface area contributed by atoms with E-state index >= 15 is 0 Å². The van der Waals surface area contributed by atoms with Gasteiger partial charge in [-0.1, -0.05) is 12.1 Å². The Balaban J connectivity index is 1.82. The highest BCUT2D eigenvalue weighted by atomic mass is 19.1. The van der Waals surface area contributed by atoms with Crippen molar-refractivity contribution in [3.05, 3.63) is 35.9 Å². The minimum absolute atomic E-state index is 0.302. The number of carbonyl (C=O) groups is 1. The molecule has 6 nitrogen and oxygen atoms in total. The molecule has 0 radical (unpaired) electrons. The van der Waals surface area contributed by atoms with Gasteiger partial charge in [0.1, 0.15) is 11.4 Å². The lowest BCUT2D eigenvalue weighted by Gasteiger charge is -2.30. The number of hydrogen-bond donors (Lipinski definition) is 0. The van der Waals surface area contributed by atoms with E-state index in [0.29, 0.717) is 36.8 Å². The van der Waals surface area contributed by atoms with Crippen molar-refractivity contribution in [3.8, 4) is 11.4 Å². The third-order valence-electron chi connectivity index (χ3n) is 3.52. The fourth-order valence-electron chi connectivity index (χ4n) is 2.48. The van der Waals surface area contributed by atoms with Gasteiger partial charge in [-0.25, -0.2) is 9.18 Å². The summed E-state index contributed by atoms with van der Waals surface area (Å²) >= 11 is 0. The van der Waals surface area contributed by atoms with E-state index in [2.05, 4.69) is 10.2 Å². The SMILES string of the molecule is CC(C)(C)OC(=O)N1CCn2c(nnc2-c2ccccc2F)C1. The van der Waals surface area contributed by atoms with Gasteiger partial charge in [-0.2, -0.15) is 0 Å². The zero-order chi connectivity index (χ0) is 16.6. The Morgan fingerprint density at radius 3 is 2.65 bits per heavy atom. The van der Waals surface area contributed by atoms with Crippen LogP contribution in [-0.4, -0.2) is 37.9 Å². The van der Waals surface area contributed by atoms with Crippen LogP contribution in [0, 0.1) is 5.82 Å². The van der Waals surface area contributed by atoms with Crippen LogP contribution in [0.15, 0.2) is 24.3 Å². The second-order valence-corrected chi connectivity index (χ2v) is 6.47. The monoisotopic (exact) mass is 318 g/mol. The first-order valence-corrected chi connectivity index (χ1v) is 7.50. The Bertz CT molecular complexity index is 736. The summed E-state index contributed by atoms with van der Waals surface area (Å²) in [6, 6.07) is 6.46. The molecule has 0 atom stereocenters. The van der Waals surface area contributed by atoms with E-state index in [4.69, 9.17) is 4.74 Å². The smallest absolute Gasteiger partial charge is 0.410 e. The Hall–Kier alpha value is -2.44. The number of rotatable bonds is 1. The molecule has 0 unspecified atom stereocenters. The lowest BCUT2D eigenvalue weighted by atomic mass is 10.2. The number of aromatic nitrogens is 3. The number of fused-ring (bicyclic) bond motifs is 1. The summed E-state index contributed by atoms with van der Waals surface area (Å²) in [6.07, 6.45) is -0.376. The standard InChI is InChI=1S/C16H19FN4O2/c1-16(2,3)23-15(22)20-8-9-21-13(10-20)18-19-14(21)11-6-4-5-7-12(11)17/h4-7H,8-10H2,1-3H3. The maximum absolute atomic E-state index is 13.9. The Kier molecular flexibility index (Phi) is 3.79. The third kappa shape index (κ3) is 3.18. The molecule has 2 aromatic rings. The molecule has 1 aliphatic rings. The van der Waals surface area contributed by atoms with Crippen molar-refractivity contribution in [2.75, 3.05) is 6.54 Å². The van der Waals surface area contributed by atoms with Gasteiger partial charge in [0.2, 0.25) is 0 Å². The zero-order valence-electron chi connectivity index (χ0n) is 13.4. The first-order valence-electron chi connectivity index (χ1n) is 7.50. The molecule has 1 aliphatic heterocycles. The van der Waals surface area contributed by atoms with Crippen LogP contribution in [0.25, 0.3) is 11.4 Å². The first-order chi connectivity index (χ1) is 10.8. The topological polar surface area (TPSA) is 60.2 Å². The summed E-state index contributed by atoms with van der Waals surface area (Å²) in [5.41, 5.74) is -0.127. The molecule has 0 spiro atoms. The average molecular weight is 318 g/mol. The van der Waals surface area contributed by atoms with Crippen molar-refractivity contribution in [1.82, 2.24) is 19.7 Å². The zero-order valence-corrected chi connectivity index (χ0v) is 13.4. The molecular formula is C16H19FN4O2. The highest BCUT2D eigenvalue weighted by Crippen LogP contribution is 2.24. The second kappa shape index (κ2) is 5.64. The van der Waals surface area contributed by atoms with Crippen molar-refractivity contribution in [1.29, 1.82) is 0 Å². The van der Waals surface area contributed by atoms with Crippen molar-refractivity contribution in [3.63, 3.8) is 0 Å². The molecule has 1 aromatic heterocycles. The van der Waals surface area contributed by atoms with Crippen LogP contribution in [-0.2, 0) is 17.8 Å². The first kappa shape index (κ1) is 15.5. The maximum Gasteiger partial charge on any atom is 0.410 e. The Morgan fingerprint density at radius 1 is 1.22 bits per heavy atom. The molecule has 7 heteroatoms. The summed E-state index contributed by atoms with van der Waals surface area (Å²) in [5.74, 6) is 0.777. The normalized spacial score (nSPS) is 14.5. The molecule has 0 fully saturated rings. The maximum atomic E-state index is 13.9. The number of benzene rings is 1. The van der Waals surface area contributed by atoms with E-state index in [1.807, 2.05) is 25.3 Å². The molecule has 122 valence electrons. The van der Waals surface area contributed by atoms with Gasteiger partial charge < -0.3 is 9.30 Å². The summed E-state index contributed by atoms with van der Waals surface area (Å²) < 4.78 is 21.2. The highest BCUT2D eigenvalue weighted by Gasteiger charge is 2.28. The number of nitrogens with zero attached hydrogens (tertiary/aromatic N) is 4. The van der Waals surface area contributed by atoms with Crippen molar-refractivity contribution in [2.45, 2.75) is 39.5 Å². The van der Waals surface area contributed by atoms with E-state index < -0.39 is 5.60 Å². The van der Waals surface area contributed by atoms with Gasteiger partial charge >= 0.3 is 6.09 Å². The summed E-state index contributed by atoms with van der Waals surface area (Å²) in [5, 5.41) is 8.19. The van der Waals surface area contributed by atoms with Gasteiger partial charge in [0, 0.05) is 13.1 Å². The van der Waals surface area contributed by atoms with Crippen molar-refractivity contribution >= 4 is 6.09 Å². The average Bonchev–Trinajstić information content (AvgIpc) is 2.89. The highest BCUT2D eigenvalue weighted by molar-refractivity contribution is 5.68. The van der Waals surface area contributed by atoms with Crippen LogP contribution in [0.2, 0.25) is 0 Å². The Morgan fingerprint density at radius 2 is 1.96 bits per heavy atom. The molecule has 0 saturated carbocycles. The molecule has 1 aromatic carbocycles. The fourth-order valence-corrected chi connectivity index (χ4v) is 2.48. The minimum Gasteiger partial charge on any atom is -0.444 e. The van der Waals surface area contributed by atoms with Crippen LogP contribution >= 0.6 is 0 Å². The van der Waals surface area contributed by atoms with Crippen molar-refractivity contribution in [2.24, 2.45) is 0 Å². The van der Waals surface area contributed by atoms with E-state index in [1.165, 1.54) is 6.07 Å². The molecule has 0 aliphatic carbocycles. The van der Waals surface area contributed by atoms with E-state index in [9.17, 15) is 9.18 Å². The van der Waals surface area contributed by atoms with Gasteiger partial charge in [0.25, 0.3) is 0 Å². The van der Waals surface area contributed by atoms with Crippen LogP contribution in [0.4, 0.5) is 9.18 Å². The largest absolute Gasteiger partial charge is 0.444 e. The summed E-state index contributed by atoms with van der Waals surface area (Å²) in [6.45, 7) is 6.76. The van der Waals surface area contributed by atoms with Crippen LogP contribution < -0.4 is 0 Å². The lowest BCUT2D eigenvalue weighted by molar-refractivity contribution is 0.0196. The van der Waals surface area contributed by atoms with Crippen molar-refractivity contribution < 1.29 is 13.9 Å². The van der Waals surface area contributed by atoms with Gasteiger partial charge in [-0.3, -0.25) is 4.90 Å². The molecule has 3 rings (SSSR count). The number of halogens is 1. The number of amides is 1. The predicted octanol–water partition coefficient (Wildman–Crippen LogP) is 2.83. The quantitative estimate of drug-likeness (QED) is 0.811. The molecular weight excluding hydrogens is 299 g/mol. The van der Waals surface area contributed by atoms with Gasteiger partial charge in [0.05, 0.1) is 12.1 Å². The molecule has 23 heavy (non-hydrogen) atoms. The second-order valence-electron chi connectivity index (χ2n) is 6.47. The number of carbonyl (C=O) groups excluding carboxylic acids is 1. The molecule has 0 saturated heterocycles. The van der Waals surface area contributed by atoms with Gasteiger partial charge in [0.15, 0.2) is 11.6 Å². The predicted molar refractivity (Wildman–Crippen MR) is 82.1 cm³/mol. The molecule has 0 bridgehead atoms. The third-order valence-corrected chi connectivity index (χ3v) is 3.52. The fraction of sp³-hybridized carbons (Fsp3) is 0.438. The number of ether oxygens (including phenoxy) is 1. The van der Waals surface area contributed by atoms with E-state index in [-0.39, 0.29) is 11.9 Å². The molecule has 1 amide bonds. The van der Waals surface area contributed by atoms with E-state index in [0.717, 1.165) is 0 Å². The summed E-state index contributed by atoms with van der Waals surface area (Å²) in [7, 11) is 0. The van der Waals surface area contributed by atoms with Crippen LogP contribution in [0.1, 0.15) is 26.6 Å². The Labute approximate surface area is 133 Å².